The van der Waals surface area contributed by atoms with Gasteiger partial charge in [-0.25, -0.2) is 4.98 Å². The summed E-state index contributed by atoms with van der Waals surface area (Å²) in [5.74, 6) is 0.382. The molecule has 6 nitrogen and oxygen atoms in total. The van der Waals surface area contributed by atoms with E-state index in [0.29, 0.717) is 18.0 Å². The first kappa shape index (κ1) is 12.0. The molecule has 0 bridgehead atoms. The third-order valence-corrected chi connectivity index (χ3v) is 3.60. The Kier molecular flexibility index (Phi) is 2.85. The maximum atomic E-state index is 11.9. The minimum absolute atomic E-state index is 0.152. The van der Waals surface area contributed by atoms with Crippen molar-refractivity contribution < 1.29 is 9.21 Å². The van der Waals surface area contributed by atoms with Gasteiger partial charge in [-0.05, 0) is 25.8 Å². The van der Waals surface area contributed by atoms with Crippen LogP contribution in [0, 0.1) is 12.3 Å². The quantitative estimate of drug-likeness (QED) is 0.881. The number of aromatic nitrogens is 3. The van der Waals surface area contributed by atoms with Gasteiger partial charge in [-0.2, -0.15) is 5.10 Å². The van der Waals surface area contributed by atoms with E-state index >= 15 is 0 Å². The lowest BCUT2D eigenvalue weighted by molar-refractivity contribution is 0.0936. The maximum absolute atomic E-state index is 11.9. The third kappa shape index (κ3) is 2.52. The Balaban J connectivity index is 1.58. The summed E-state index contributed by atoms with van der Waals surface area (Å²) in [5.41, 5.74) is 0.522. The van der Waals surface area contributed by atoms with Crippen LogP contribution in [0.2, 0.25) is 0 Å². The molecule has 100 valence electrons. The van der Waals surface area contributed by atoms with Crippen LogP contribution >= 0.6 is 0 Å². The highest BCUT2D eigenvalue weighted by Gasteiger charge is 2.43. The van der Waals surface area contributed by atoms with E-state index in [1.165, 1.54) is 6.39 Å². The monoisotopic (exact) mass is 260 g/mol. The van der Waals surface area contributed by atoms with E-state index in [1.807, 2.05) is 16.9 Å². The summed E-state index contributed by atoms with van der Waals surface area (Å²) in [4.78, 5) is 15.9. The molecule has 1 amide bonds. The van der Waals surface area contributed by atoms with Gasteiger partial charge in [0.15, 0.2) is 12.1 Å². The molecule has 0 saturated heterocycles. The van der Waals surface area contributed by atoms with Crippen molar-refractivity contribution in [2.45, 2.75) is 26.3 Å². The summed E-state index contributed by atoms with van der Waals surface area (Å²) < 4.78 is 6.95. The highest BCUT2D eigenvalue weighted by atomic mass is 16.3. The first-order valence-corrected chi connectivity index (χ1v) is 6.34. The first-order chi connectivity index (χ1) is 9.19. The highest BCUT2D eigenvalue weighted by molar-refractivity contribution is 5.93. The van der Waals surface area contributed by atoms with Crippen LogP contribution in [-0.2, 0) is 6.54 Å². The van der Waals surface area contributed by atoms with Crippen molar-refractivity contribution >= 4 is 5.91 Å². The van der Waals surface area contributed by atoms with Crippen LogP contribution in [0.3, 0.4) is 0 Å². The van der Waals surface area contributed by atoms with E-state index in [4.69, 9.17) is 4.42 Å². The summed E-state index contributed by atoms with van der Waals surface area (Å²) in [6.07, 6.45) is 7.24. The number of nitrogens with one attached hydrogen (secondary N) is 1. The second-order valence-electron chi connectivity index (χ2n) is 5.14. The Morgan fingerprint density at radius 2 is 2.42 bits per heavy atom. The zero-order valence-corrected chi connectivity index (χ0v) is 10.8. The molecule has 1 N–H and O–H groups in total. The van der Waals surface area contributed by atoms with Gasteiger partial charge in [0, 0.05) is 30.9 Å². The molecule has 0 aromatic carbocycles. The van der Waals surface area contributed by atoms with Crippen LogP contribution in [0.5, 0.6) is 0 Å². The van der Waals surface area contributed by atoms with Crippen molar-refractivity contribution in [1.82, 2.24) is 20.1 Å². The number of carbonyl (C=O) groups is 1. The number of aryl methyl sites for hydroxylation is 1. The molecular weight excluding hydrogens is 244 g/mol. The molecule has 0 aliphatic heterocycles. The second-order valence-corrected chi connectivity index (χ2v) is 5.14. The number of nitrogens with zero attached hydrogens (tertiary/aromatic N) is 3. The SMILES string of the molecule is Cc1ocnc1C(=O)NCC1(Cn2cccn2)CC1. The molecule has 0 spiro atoms. The van der Waals surface area contributed by atoms with Gasteiger partial charge in [0.1, 0.15) is 5.76 Å². The van der Waals surface area contributed by atoms with E-state index in [-0.39, 0.29) is 11.3 Å². The average molecular weight is 260 g/mol. The topological polar surface area (TPSA) is 73.0 Å². The fourth-order valence-electron chi connectivity index (χ4n) is 2.18. The van der Waals surface area contributed by atoms with Crippen LogP contribution in [0.4, 0.5) is 0 Å². The molecule has 1 fully saturated rings. The van der Waals surface area contributed by atoms with Gasteiger partial charge in [-0.15, -0.1) is 0 Å². The number of hydrogen-bond donors (Lipinski definition) is 1. The van der Waals surface area contributed by atoms with Gasteiger partial charge in [0.05, 0.1) is 0 Å². The first-order valence-electron chi connectivity index (χ1n) is 6.34. The van der Waals surface area contributed by atoms with Gasteiger partial charge in [0.2, 0.25) is 0 Å². The van der Waals surface area contributed by atoms with Crippen LogP contribution < -0.4 is 5.32 Å². The van der Waals surface area contributed by atoms with E-state index in [1.54, 1.807) is 13.1 Å². The Hall–Kier alpha value is -2.11. The van der Waals surface area contributed by atoms with E-state index in [9.17, 15) is 4.79 Å². The Labute approximate surface area is 110 Å². The molecule has 3 rings (SSSR count). The van der Waals surface area contributed by atoms with E-state index in [0.717, 1.165) is 19.4 Å². The Morgan fingerprint density at radius 3 is 3.00 bits per heavy atom. The number of rotatable bonds is 5. The number of oxazole rings is 1. The molecule has 2 aromatic rings. The molecule has 0 atom stereocenters. The van der Waals surface area contributed by atoms with Crippen molar-refractivity contribution in [3.05, 3.63) is 36.3 Å². The van der Waals surface area contributed by atoms with Gasteiger partial charge in [0.25, 0.3) is 5.91 Å². The second kappa shape index (κ2) is 4.53. The predicted molar refractivity (Wildman–Crippen MR) is 67.5 cm³/mol. The van der Waals surface area contributed by atoms with Crippen LogP contribution in [-0.4, -0.2) is 27.2 Å². The van der Waals surface area contributed by atoms with Crippen molar-refractivity contribution in [3.8, 4) is 0 Å². The van der Waals surface area contributed by atoms with Crippen molar-refractivity contribution in [3.63, 3.8) is 0 Å². The minimum atomic E-state index is -0.169. The average Bonchev–Trinajstić information content (AvgIpc) is 2.78. The van der Waals surface area contributed by atoms with Gasteiger partial charge in [-0.3, -0.25) is 9.48 Å². The molecule has 1 saturated carbocycles. The van der Waals surface area contributed by atoms with Crippen molar-refractivity contribution in [2.75, 3.05) is 6.54 Å². The molecule has 0 unspecified atom stereocenters. The van der Waals surface area contributed by atoms with Crippen LogP contribution in [0.15, 0.2) is 29.3 Å². The normalized spacial score (nSPS) is 16.3. The summed E-state index contributed by atoms with van der Waals surface area (Å²) in [7, 11) is 0. The smallest absolute Gasteiger partial charge is 0.273 e. The number of amides is 1. The molecule has 2 aromatic heterocycles. The molecule has 1 aliphatic carbocycles. The van der Waals surface area contributed by atoms with Crippen molar-refractivity contribution in [2.24, 2.45) is 5.41 Å². The predicted octanol–water partition coefficient (Wildman–Crippen LogP) is 1.39. The Morgan fingerprint density at radius 1 is 1.58 bits per heavy atom. The standard InChI is InChI=1S/C13H16N4O2/c1-10-11(15-9-19-10)12(18)14-7-13(3-4-13)8-17-6-2-5-16-17/h2,5-6,9H,3-4,7-8H2,1H3,(H,14,18). The number of hydrogen-bond acceptors (Lipinski definition) is 4. The maximum Gasteiger partial charge on any atom is 0.273 e. The van der Waals surface area contributed by atoms with E-state index < -0.39 is 0 Å². The zero-order chi connectivity index (χ0) is 13.3. The van der Waals surface area contributed by atoms with Gasteiger partial charge in [-0.1, -0.05) is 0 Å². The third-order valence-electron chi connectivity index (χ3n) is 3.60. The van der Waals surface area contributed by atoms with Gasteiger partial charge < -0.3 is 9.73 Å². The number of carbonyl (C=O) groups excluding carboxylic acids is 1. The molecular formula is C13H16N4O2. The lowest BCUT2D eigenvalue weighted by atomic mass is 10.1. The van der Waals surface area contributed by atoms with Gasteiger partial charge >= 0.3 is 0 Å². The Bertz CT molecular complexity index is 569. The van der Waals surface area contributed by atoms with Crippen molar-refractivity contribution in [1.29, 1.82) is 0 Å². The minimum Gasteiger partial charge on any atom is -0.448 e. The molecule has 19 heavy (non-hydrogen) atoms. The molecule has 2 heterocycles. The van der Waals surface area contributed by atoms with E-state index in [2.05, 4.69) is 15.4 Å². The lowest BCUT2D eigenvalue weighted by Crippen LogP contribution is -2.33. The largest absolute Gasteiger partial charge is 0.448 e. The van der Waals surface area contributed by atoms with Crippen LogP contribution in [0.25, 0.3) is 0 Å². The fraction of sp³-hybridized carbons (Fsp3) is 0.462. The summed E-state index contributed by atoms with van der Waals surface area (Å²) in [5, 5.41) is 7.15. The molecule has 1 aliphatic rings. The highest BCUT2D eigenvalue weighted by Crippen LogP contribution is 2.46. The summed E-state index contributed by atoms with van der Waals surface area (Å²) in [6, 6.07) is 1.91. The van der Waals surface area contributed by atoms with Crippen LogP contribution in [0.1, 0.15) is 29.1 Å². The lowest BCUT2D eigenvalue weighted by Gasteiger charge is -2.15. The fourth-order valence-corrected chi connectivity index (χ4v) is 2.18. The summed E-state index contributed by atoms with van der Waals surface area (Å²) in [6.45, 7) is 3.23. The zero-order valence-electron chi connectivity index (χ0n) is 10.8. The summed E-state index contributed by atoms with van der Waals surface area (Å²) >= 11 is 0. The molecule has 0 radical (unpaired) electrons. The molecule has 6 heteroatoms.